The molecule has 2 unspecified atom stereocenters. The van der Waals surface area contributed by atoms with Gasteiger partial charge in [-0.1, -0.05) is 28.9 Å². The average Bonchev–Trinajstić information content (AvgIpc) is 2.30. The fraction of sp³-hybridized carbons (Fsp3) is 0.500. The van der Waals surface area contributed by atoms with Crippen molar-refractivity contribution in [2.45, 2.75) is 26.3 Å². The van der Waals surface area contributed by atoms with Gasteiger partial charge in [0.2, 0.25) is 0 Å². The molecule has 3 nitrogen and oxygen atoms in total. The molecule has 4 heteroatoms. The standard InChI is InChI=1S/C14H19BrN2O/c1-9-6-11(16)8-17(7-9)14(18)12-4-3-5-13(15)10(12)2/h3-5,9,11H,6-8,16H2,1-2H3. The summed E-state index contributed by atoms with van der Waals surface area (Å²) in [7, 11) is 0. The largest absolute Gasteiger partial charge is 0.337 e. The lowest BCUT2D eigenvalue weighted by atomic mass is 9.95. The van der Waals surface area contributed by atoms with E-state index in [1.807, 2.05) is 30.0 Å². The molecule has 2 atom stereocenters. The summed E-state index contributed by atoms with van der Waals surface area (Å²) >= 11 is 3.47. The Balaban J connectivity index is 2.23. The number of hydrogen-bond donors (Lipinski definition) is 1. The van der Waals surface area contributed by atoms with E-state index in [4.69, 9.17) is 5.73 Å². The Morgan fingerprint density at radius 2 is 2.17 bits per heavy atom. The minimum Gasteiger partial charge on any atom is -0.337 e. The quantitative estimate of drug-likeness (QED) is 0.866. The van der Waals surface area contributed by atoms with Crippen LogP contribution >= 0.6 is 15.9 Å². The average molecular weight is 311 g/mol. The maximum absolute atomic E-state index is 12.5. The van der Waals surface area contributed by atoms with Crippen LogP contribution in [-0.4, -0.2) is 29.9 Å². The molecule has 0 aliphatic carbocycles. The third-order valence-electron chi connectivity index (χ3n) is 3.48. The van der Waals surface area contributed by atoms with Crippen molar-refractivity contribution >= 4 is 21.8 Å². The van der Waals surface area contributed by atoms with E-state index < -0.39 is 0 Å². The molecule has 1 fully saturated rings. The van der Waals surface area contributed by atoms with E-state index >= 15 is 0 Å². The van der Waals surface area contributed by atoms with Crippen molar-refractivity contribution < 1.29 is 4.79 Å². The van der Waals surface area contributed by atoms with Gasteiger partial charge >= 0.3 is 0 Å². The van der Waals surface area contributed by atoms with Gasteiger partial charge in [0, 0.05) is 29.2 Å². The number of likely N-dealkylation sites (tertiary alicyclic amines) is 1. The summed E-state index contributed by atoms with van der Waals surface area (Å²) in [4.78, 5) is 14.4. The first-order valence-electron chi connectivity index (χ1n) is 6.29. The van der Waals surface area contributed by atoms with Gasteiger partial charge in [-0.2, -0.15) is 0 Å². The monoisotopic (exact) mass is 310 g/mol. The second-order valence-electron chi connectivity index (χ2n) is 5.22. The molecule has 2 N–H and O–H groups in total. The minimum atomic E-state index is 0.0933. The molecule has 1 heterocycles. The maximum Gasteiger partial charge on any atom is 0.254 e. The van der Waals surface area contributed by atoms with E-state index in [1.54, 1.807) is 0 Å². The molecule has 98 valence electrons. The van der Waals surface area contributed by atoms with E-state index in [0.29, 0.717) is 12.5 Å². The highest BCUT2D eigenvalue weighted by Crippen LogP contribution is 2.23. The summed E-state index contributed by atoms with van der Waals surface area (Å²) in [6, 6.07) is 5.84. The van der Waals surface area contributed by atoms with Crippen molar-refractivity contribution in [3.63, 3.8) is 0 Å². The molecule has 1 saturated heterocycles. The molecule has 0 aromatic heterocycles. The second kappa shape index (κ2) is 5.41. The van der Waals surface area contributed by atoms with Gasteiger partial charge < -0.3 is 10.6 Å². The van der Waals surface area contributed by atoms with Gasteiger partial charge in [0.15, 0.2) is 0 Å². The molecule has 2 rings (SSSR count). The number of amides is 1. The molecule has 1 aromatic carbocycles. The fourth-order valence-electron chi connectivity index (χ4n) is 2.58. The van der Waals surface area contributed by atoms with Gasteiger partial charge in [-0.15, -0.1) is 0 Å². The Kier molecular flexibility index (Phi) is 4.07. The zero-order chi connectivity index (χ0) is 13.3. The molecule has 18 heavy (non-hydrogen) atoms. The summed E-state index contributed by atoms with van der Waals surface area (Å²) in [5, 5.41) is 0. The molecular weight excluding hydrogens is 292 g/mol. The van der Waals surface area contributed by atoms with Gasteiger partial charge in [-0.25, -0.2) is 0 Å². The number of rotatable bonds is 1. The van der Waals surface area contributed by atoms with E-state index in [1.165, 1.54) is 0 Å². The number of halogens is 1. The van der Waals surface area contributed by atoms with Crippen molar-refractivity contribution in [2.24, 2.45) is 11.7 Å². The SMILES string of the molecule is Cc1c(Br)cccc1C(=O)N1CC(C)CC(N)C1. The van der Waals surface area contributed by atoms with E-state index in [2.05, 4.69) is 22.9 Å². The number of carbonyl (C=O) groups excluding carboxylic acids is 1. The highest BCUT2D eigenvalue weighted by Gasteiger charge is 2.27. The summed E-state index contributed by atoms with van der Waals surface area (Å²) in [6.07, 6.45) is 1.00. The van der Waals surface area contributed by atoms with E-state index in [0.717, 1.165) is 28.6 Å². The number of nitrogens with two attached hydrogens (primary N) is 1. The molecule has 1 aliphatic rings. The lowest BCUT2D eigenvalue weighted by molar-refractivity contribution is 0.0660. The van der Waals surface area contributed by atoms with E-state index in [9.17, 15) is 4.79 Å². The number of piperidine rings is 1. The van der Waals surface area contributed by atoms with Crippen molar-refractivity contribution in [3.8, 4) is 0 Å². The third kappa shape index (κ3) is 2.75. The van der Waals surface area contributed by atoms with Crippen LogP contribution in [0.5, 0.6) is 0 Å². The van der Waals surface area contributed by atoms with Crippen molar-refractivity contribution in [1.82, 2.24) is 4.90 Å². The normalized spacial score (nSPS) is 24.1. The van der Waals surface area contributed by atoms with Crippen molar-refractivity contribution in [2.75, 3.05) is 13.1 Å². The van der Waals surface area contributed by atoms with Crippen LogP contribution in [0, 0.1) is 12.8 Å². The number of nitrogens with zero attached hydrogens (tertiary/aromatic N) is 1. The fourth-order valence-corrected chi connectivity index (χ4v) is 2.94. The van der Waals surface area contributed by atoms with Crippen LogP contribution in [0.3, 0.4) is 0 Å². The summed E-state index contributed by atoms with van der Waals surface area (Å²) in [5.41, 5.74) is 7.76. The van der Waals surface area contributed by atoms with E-state index in [-0.39, 0.29) is 11.9 Å². The molecule has 1 amide bonds. The topological polar surface area (TPSA) is 46.3 Å². The Morgan fingerprint density at radius 3 is 2.83 bits per heavy atom. The van der Waals surface area contributed by atoms with Gasteiger partial charge in [0.25, 0.3) is 5.91 Å². The molecule has 0 saturated carbocycles. The number of carbonyl (C=O) groups is 1. The third-order valence-corrected chi connectivity index (χ3v) is 4.34. The van der Waals surface area contributed by atoms with Crippen LogP contribution in [0.25, 0.3) is 0 Å². The molecular formula is C14H19BrN2O. The minimum absolute atomic E-state index is 0.0933. The van der Waals surface area contributed by atoms with Crippen LogP contribution < -0.4 is 5.73 Å². The first kappa shape index (κ1) is 13.6. The molecule has 1 aromatic rings. The first-order chi connectivity index (χ1) is 8.49. The predicted octanol–water partition coefficient (Wildman–Crippen LogP) is 2.57. The highest BCUT2D eigenvalue weighted by molar-refractivity contribution is 9.10. The smallest absolute Gasteiger partial charge is 0.254 e. The van der Waals surface area contributed by atoms with Crippen molar-refractivity contribution in [3.05, 3.63) is 33.8 Å². The number of benzene rings is 1. The second-order valence-corrected chi connectivity index (χ2v) is 6.08. The van der Waals surface area contributed by atoms with Gasteiger partial charge in [0.1, 0.15) is 0 Å². The van der Waals surface area contributed by atoms with Crippen LogP contribution in [0.4, 0.5) is 0 Å². The maximum atomic E-state index is 12.5. The zero-order valence-electron chi connectivity index (χ0n) is 10.8. The first-order valence-corrected chi connectivity index (χ1v) is 7.08. The van der Waals surface area contributed by atoms with Crippen LogP contribution in [0.1, 0.15) is 29.3 Å². The number of hydrogen-bond acceptors (Lipinski definition) is 2. The van der Waals surface area contributed by atoms with Crippen LogP contribution in [0.15, 0.2) is 22.7 Å². The van der Waals surface area contributed by atoms with Crippen LogP contribution in [-0.2, 0) is 0 Å². The molecule has 0 radical (unpaired) electrons. The lowest BCUT2D eigenvalue weighted by Crippen LogP contribution is -2.48. The molecule has 0 bridgehead atoms. The van der Waals surface area contributed by atoms with Crippen molar-refractivity contribution in [1.29, 1.82) is 0 Å². The zero-order valence-corrected chi connectivity index (χ0v) is 12.4. The van der Waals surface area contributed by atoms with Gasteiger partial charge in [-0.05, 0) is 37.0 Å². The summed E-state index contributed by atoms with van der Waals surface area (Å²) < 4.78 is 0.975. The predicted molar refractivity (Wildman–Crippen MR) is 76.5 cm³/mol. The summed E-state index contributed by atoms with van der Waals surface area (Å²) in [5.74, 6) is 0.570. The lowest BCUT2D eigenvalue weighted by Gasteiger charge is -2.35. The van der Waals surface area contributed by atoms with Crippen LogP contribution in [0.2, 0.25) is 0 Å². The van der Waals surface area contributed by atoms with Gasteiger partial charge in [-0.3, -0.25) is 4.79 Å². The van der Waals surface area contributed by atoms with Gasteiger partial charge in [0.05, 0.1) is 0 Å². The Morgan fingerprint density at radius 1 is 1.44 bits per heavy atom. The molecule has 1 aliphatic heterocycles. The summed E-state index contributed by atoms with van der Waals surface area (Å²) in [6.45, 7) is 5.57. The molecule has 0 spiro atoms. The Labute approximate surface area is 116 Å². The Hall–Kier alpha value is -0.870. The highest BCUT2D eigenvalue weighted by atomic mass is 79.9. The Bertz CT molecular complexity index is 451.